The van der Waals surface area contributed by atoms with Crippen LogP contribution < -0.4 is 10.4 Å². The minimum absolute atomic E-state index is 0.152. The molecule has 1 fully saturated rings. The average Bonchev–Trinajstić information content (AvgIpc) is 2.63. The lowest BCUT2D eigenvalue weighted by Gasteiger charge is -2.46. The molecule has 0 atom stereocenters. The molecule has 0 N–H and O–H groups in total. The highest BCUT2D eigenvalue weighted by Gasteiger charge is 2.45. The van der Waals surface area contributed by atoms with E-state index in [2.05, 4.69) is 27.7 Å². The molecule has 1 saturated carbocycles. The molecule has 2 aliphatic rings. The van der Waals surface area contributed by atoms with Gasteiger partial charge in [-0.2, -0.15) is 0 Å². The first-order valence-corrected chi connectivity index (χ1v) is 11.0. The maximum absolute atomic E-state index is 13.2. The van der Waals surface area contributed by atoms with Crippen LogP contribution in [0.1, 0.15) is 87.7 Å². The summed E-state index contributed by atoms with van der Waals surface area (Å²) >= 11 is 0. The third-order valence-corrected chi connectivity index (χ3v) is 7.04. The van der Waals surface area contributed by atoms with E-state index < -0.39 is 5.60 Å². The molecule has 0 amide bonds. The van der Waals surface area contributed by atoms with Gasteiger partial charge in [0.05, 0.1) is 12.0 Å². The predicted octanol–water partition coefficient (Wildman–Crippen LogP) is 5.99. The van der Waals surface area contributed by atoms with E-state index in [1.54, 1.807) is 6.07 Å². The first kappa shape index (κ1) is 20.2. The molecule has 1 aromatic carbocycles. The minimum atomic E-state index is -0.411. The molecule has 4 heteroatoms. The van der Waals surface area contributed by atoms with Gasteiger partial charge in [-0.15, -0.1) is 0 Å². The topological polar surface area (TPSA) is 56.5 Å². The molecule has 1 aromatic heterocycles. The zero-order valence-electron chi connectivity index (χ0n) is 18.3. The van der Waals surface area contributed by atoms with Crippen molar-refractivity contribution in [3.63, 3.8) is 0 Å². The maximum Gasteiger partial charge on any atom is 0.336 e. The van der Waals surface area contributed by atoms with E-state index in [9.17, 15) is 9.59 Å². The number of benzene rings is 1. The van der Waals surface area contributed by atoms with Crippen LogP contribution in [0.15, 0.2) is 21.3 Å². The van der Waals surface area contributed by atoms with Crippen LogP contribution >= 0.6 is 0 Å². The zero-order chi connectivity index (χ0) is 21.0. The Hall–Kier alpha value is -2.10. The first-order valence-electron chi connectivity index (χ1n) is 11.0. The van der Waals surface area contributed by atoms with E-state index in [1.165, 1.54) is 0 Å². The van der Waals surface area contributed by atoms with Crippen molar-refractivity contribution < 1.29 is 13.9 Å². The van der Waals surface area contributed by atoms with Crippen molar-refractivity contribution in [1.82, 2.24) is 0 Å². The fourth-order valence-corrected chi connectivity index (χ4v) is 5.25. The zero-order valence-corrected chi connectivity index (χ0v) is 18.3. The molecule has 1 spiro atoms. The molecule has 0 bridgehead atoms. The van der Waals surface area contributed by atoms with Gasteiger partial charge in [-0.3, -0.25) is 4.79 Å². The number of aryl methyl sites for hydroxylation is 2. The molecule has 1 aliphatic carbocycles. The van der Waals surface area contributed by atoms with Crippen molar-refractivity contribution in [3.05, 3.63) is 39.2 Å². The predicted molar refractivity (Wildman–Crippen MR) is 115 cm³/mol. The molecule has 4 rings (SSSR count). The molecule has 0 saturated heterocycles. The molecular formula is C25H32O4. The number of hydrogen-bond donors (Lipinski definition) is 0. The number of rotatable bonds is 2. The Bertz CT molecular complexity index is 1010. The Morgan fingerprint density at radius 3 is 2.45 bits per heavy atom. The van der Waals surface area contributed by atoms with Gasteiger partial charge >= 0.3 is 5.63 Å². The highest BCUT2D eigenvalue weighted by molar-refractivity contribution is 6.05. The summed E-state index contributed by atoms with van der Waals surface area (Å²) in [4.78, 5) is 25.3. The number of carbonyl (C=O) groups excluding carboxylic acids is 1. The normalized spacial score (nSPS) is 24.6. The van der Waals surface area contributed by atoms with E-state index in [-0.39, 0.29) is 16.8 Å². The van der Waals surface area contributed by atoms with Crippen molar-refractivity contribution in [2.75, 3.05) is 0 Å². The Balaban J connectivity index is 1.76. The van der Waals surface area contributed by atoms with Gasteiger partial charge in [-0.25, -0.2) is 4.79 Å². The standard InChI is InChI=1S/C25H32O4/c1-6-7-16-12-21(27)28-22-15(2)23-19(13-18(16)22)20(26)14-25(29-23)10-8-17(9-11-25)24(3,4)5/h12-13,17H,6-11,14H2,1-5H3. The van der Waals surface area contributed by atoms with Gasteiger partial charge in [-0.05, 0) is 62.0 Å². The third kappa shape index (κ3) is 3.51. The molecule has 1 aliphatic heterocycles. The van der Waals surface area contributed by atoms with Gasteiger partial charge in [0.25, 0.3) is 0 Å². The largest absolute Gasteiger partial charge is 0.486 e. The van der Waals surface area contributed by atoms with Crippen LogP contribution in [-0.4, -0.2) is 11.4 Å². The number of ketones is 1. The average molecular weight is 397 g/mol. The molecule has 156 valence electrons. The van der Waals surface area contributed by atoms with E-state index in [1.807, 2.05) is 13.0 Å². The van der Waals surface area contributed by atoms with Crippen LogP contribution in [0.2, 0.25) is 0 Å². The van der Waals surface area contributed by atoms with Crippen LogP contribution in [0.5, 0.6) is 5.75 Å². The summed E-state index contributed by atoms with van der Waals surface area (Å²) in [7, 11) is 0. The Kier molecular flexibility index (Phi) is 4.87. The van der Waals surface area contributed by atoms with Crippen molar-refractivity contribution >= 4 is 16.8 Å². The summed E-state index contributed by atoms with van der Waals surface area (Å²) in [6.45, 7) is 10.9. The van der Waals surface area contributed by atoms with Crippen molar-refractivity contribution in [1.29, 1.82) is 0 Å². The lowest BCUT2D eigenvalue weighted by molar-refractivity contribution is -0.0131. The molecule has 0 unspecified atom stereocenters. The molecule has 4 nitrogen and oxygen atoms in total. The second-order valence-corrected chi connectivity index (χ2v) is 10.1. The van der Waals surface area contributed by atoms with Crippen LogP contribution in [-0.2, 0) is 6.42 Å². The first-order chi connectivity index (χ1) is 13.6. The van der Waals surface area contributed by atoms with Crippen molar-refractivity contribution in [3.8, 4) is 5.75 Å². The second-order valence-electron chi connectivity index (χ2n) is 10.1. The Labute approximate surface area is 172 Å². The monoisotopic (exact) mass is 396 g/mol. The van der Waals surface area contributed by atoms with Crippen molar-refractivity contribution in [2.24, 2.45) is 11.3 Å². The summed E-state index contributed by atoms with van der Waals surface area (Å²) in [5, 5.41) is 0.868. The number of fused-ring (bicyclic) bond motifs is 2. The lowest BCUT2D eigenvalue weighted by atomic mass is 9.66. The smallest absolute Gasteiger partial charge is 0.336 e. The van der Waals surface area contributed by atoms with Crippen LogP contribution in [0, 0.1) is 18.3 Å². The summed E-state index contributed by atoms with van der Waals surface area (Å²) < 4.78 is 12.2. The summed E-state index contributed by atoms with van der Waals surface area (Å²) in [5.41, 5.74) is 2.46. The SMILES string of the molecule is CCCc1cc(=O)oc2c(C)c3c(cc12)C(=O)CC1(CCC(C(C)(C)C)CC1)O3. The number of ether oxygens (including phenoxy) is 1. The van der Waals surface area contributed by atoms with E-state index >= 15 is 0 Å². The van der Waals surface area contributed by atoms with E-state index in [4.69, 9.17) is 9.15 Å². The highest BCUT2D eigenvalue weighted by atomic mass is 16.5. The van der Waals surface area contributed by atoms with Crippen LogP contribution in [0.3, 0.4) is 0 Å². The molecule has 0 radical (unpaired) electrons. The van der Waals surface area contributed by atoms with Gasteiger partial charge in [0.15, 0.2) is 5.78 Å². The van der Waals surface area contributed by atoms with Gasteiger partial charge < -0.3 is 9.15 Å². The molecule has 2 heterocycles. The number of carbonyl (C=O) groups is 1. The van der Waals surface area contributed by atoms with Gasteiger partial charge in [-0.1, -0.05) is 34.1 Å². The highest BCUT2D eigenvalue weighted by Crippen LogP contribution is 2.49. The van der Waals surface area contributed by atoms with Gasteiger partial charge in [0.1, 0.15) is 16.9 Å². The summed E-state index contributed by atoms with van der Waals surface area (Å²) in [6.07, 6.45) is 6.12. The van der Waals surface area contributed by atoms with Gasteiger partial charge in [0.2, 0.25) is 0 Å². The van der Waals surface area contributed by atoms with Crippen LogP contribution in [0.4, 0.5) is 0 Å². The fraction of sp³-hybridized carbons (Fsp3) is 0.600. The quantitative estimate of drug-likeness (QED) is 0.585. The summed E-state index contributed by atoms with van der Waals surface area (Å²) in [5.74, 6) is 1.43. The van der Waals surface area contributed by atoms with E-state index in [0.29, 0.717) is 29.2 Å². The van der Waals surface area contributed by atoms with Crippen LogP contribution in [0.25, 0.3) is 11.0 Å². The van der Waals surface area contributed by atoms with Crippen molar-refractivity contribution in [2.45, 2.75) is 85.2 Å². The fourth-order valence-electron chi connectivity index (χ4n) is 5.25. The lowest BCUT2D eigenvalue weighted by Crippen LogP contribution is -2.46. The number of Topliss-reactive ketones (excluding diaryl/α,β-unsaturated/α-hetero) is 1. The molecular weight excluding hydrogens is 364 g/mol. The Morgan fingerprint density at radius 1 is 1.14 bits per heavy atom. The Morgan fingerprint density at radius 2 is 1.83 bits per heavy atom. The molecule has 2 aromatic rings. The summed E-state index contributed by atoms with van der Waals surface area (Å²) in [6, 6.07) is 3.45. The maximum atomic E-state index is 13.2. The molecule has 29 heavy (non-hydrogen) atoms. The third-order valence-electron chi connectivity index (χ3n) is 7.04. The second kappa shape index (κ2) is 7.00. The van der Waals surface area contributed by atoms with E-state index in [0.717, 1.165) is 55.0 Å². The minimum Gasteiger partial charge on any atom is -0.486 e. The number of hydrogen-bond acceptors (Lipinski definition) is 4. The van der Waals surface area contributed by atoms with Gasteiger partial charge in [0, 0.05) is 17.0 Å².